The third-order valence-corrected chi connectivity index (χ3v) is 7.55. The van der Waals surface area contributed by atoms with Gasteiger partial charge in [-0.1, -0.05) is 6.92 Å². The van der Waals surface area contributed by atoms with Crippen LogP contribution in [-0.4, -0.2) is 65.0 Å². The van der Waals surface area contributed by atoms with Crippen LogP contribution in [0.4, 0.5) is 0 Å². The minimum absolute atomic E-state index is 0.162. The molecule has 0 spiro atoms. The summed E-state index contributed by atoms with van der Waals surface area (Å²) in [7, 11) is 0. The second kappa shape index (κ2) is 10.3. The molecule has 10 heteroatoms. The largest absolute Gasteiger partial charge is 0.612 e. The van der Waals surface area contributed by atoms with Crippen LogP contribution in [0.25, 0.3) is 22.6 Å². The zero-order chi connectivity index (χ0) is 23.5. The molecule has 0 saturated carbocycles. The standard InChI is InChI=1S/C23H27N5O3S2/c1-4-20(29)27-13-10-17(11-14-27)28-15-25-21(16-5-7-18(8-6-16)32(2)30)22(28)19-9-12-24-23(26-19)33(3)31/h5-9,12,15,17H,4,10-11,13-14H2,1-3H3. The summed E-state index contributed by atoms with van der Waals surface area (Å²) in [5.41, 5.74) is 3.11. The maximum Gasteiger partial charge on any atom is 0.343 e. The number of carbonyl (C=O) groups excluding carboxylic acids is 1. The van der Waals surface area contributed by atoms with Gasteiger partial charge >= 0.3 is 5.16 Å². The van der Waals surface area contributed by atoms with E-state index in [-0.39, 0.29) is 17.1 Å². The number of hydrogen-bond donors (Lipinski definition) is 0. The minimum atomic E-state index is -1.31. The molecule has 0 radical (unpaired) electrons. The Morgan fingerprint density at radius 2 is 1.76 bits per heavy atom. The fourth-order valence-corrected chi connectivity index (χ4v) is 5.09. The number of aromatic nitrogens is 4. The Balaban J connectivity index is 1.75. The summed E-state index contributed by atoms with van der Waals surface area (Å²) in [6, 6.07) is 9.48. The topological polar surface area (TPSA) is 110 Å². The van der Waals surface area contributed by atoms with E-state index >= 15 is 0 Å². The summed E-state index contributed by atoms with van der Waals surface area (Å²) in [4.78, 5) is 28.2. The summed E-state index contributed by atoms with van der Waals surface area (Å²) in [5, 5.41) is 0.270. The summed E-state index contributed by atoms with van der Waals surface area (Å²) < 4.78 is 26.0. The molecule has 33 heavy (non-hydrogen) atoms. The van der Waals surface area contributed by atoms with Gasteiger partial charge in [0.25, 0.3) is 0 Å². The molecule has 1 fully saturated rings. The molecule has 2 unspecified atom stereocenters. The predicted octanol–water partition coefficient (Wildman–Crippen LogP) is 3.06. The van der Waals surface area contributed by atoms with Crippen LogP contribution in [0.15, 0.2) is 52.9 Å². The maximum absolute atomic E-state index is 12.1. The van der Waals surface area contributed by atoms with Gasteiger partial charge in [0.1, 0.15) is 12.5 Å². The molecule has 2 aromatic heterocycles. The highest BCUT2D eigenvalue weighted by molar-refractivity contribution is 7.90. The number of hydrogen-bond acceptors (Lipinski definition) is 6. The molecule has 1 aliphatic heterocycles. The molecule has 4 rings (SSSR count). The minimum Gasteiger partial charge on any atom is -0.612 e. The van der Waals surface area contributed by atoms with Gasteiger partial charge in [-0.3, -0.25) is 4.79 Å². The van der Waals surface area contributed by atoms with E-state index in [0.29, 0.717) is 25.2 Å². The molecular formula is C23H27N5O3S2. The van der Waals surface area contributed by atoms with Crippen LogP contribution in [0.3, 0.4) is 0 Å². The third kappa shape index (κ3) is 5.08. The van der Waals surface area contributed by atoms with Crippen LogP contribution in [0.5, 0.6) is 0 Å². The fraction of sp³-hybridized carbons (Fsp3) is 0.391. The van der Waals surface area contributed by atoms with Gasteiger partial charge in [-0.2, -0.15) is 9.97 Å². The average molecular weight is 486 g/mol. The van der Waals surface area contributed by atoms with E-state index in [1.165, 1.54) is 0 Å². The molecule has 8 nitrogen and oxygen atoms in total. The van der Waals surface area contributed by atoms with Crippen molar-refractivity contribution in [1.82, 2.24) is 24.4 Å². The first kappa shape index (κ1) is 23.7. The van der Waals surface area contributed by atoms with Crippen molar-refractivity contribution in [2.24, 2.45) is 0 Å². The first-order chi connectivity index (χ1) is 15.9. The van der Waals surface area contributed by atoms with E-state index in [4.69, 9.17) is 4.98 Å². The molecule has 1 amide bonds. The second-order valence-corrected chi connectivity index (χ2v) is 10.6. The van der Waals surface area contributed by atoms with Gasteiger partial charge < -0.3 is 18.6 Å². The normalized spacial score (nSPS) is 16.6. The van der Waals surface area contributed by atoms with Crippen LogP contribution in [-0.2, 0) is 27.1 Å². The van der Waals surface area contributed by atoms with Gasteiger partial charge in [-0.15, -0.1) is 0 Å². The van der Waals surface area contributed by atoms with Crippen molar-refractivity contribution < 1.29 is 13.9 Å². The number of likely N-dealkylation sites (tertiary alicyclic amines) is 1. The van der Waals surface area contributed by atoms with E-state index in [2.05, 4.69) is 14.5 Å². The number of benzene rings is 1. The molecule has 1 saturated heterocycles. The first-order valence-corrected chi connectivity index (χ1v) is 14.0. The molecule has 3 aromatic rings. The SMILES string of the molecule is CCC(=O)N1CCC(n2cnc(-c3ccc([S+](C)[O-])cc3)c2-c2ccnc([S+](C)[O-])n2)CC1. The van der Waals surface area contributed by atoms with Gasteiger partial charge in [0.2, 0.25) is 5.91 Å². The van der Waals surface area contributed by atoms with E-state index in [9.17, 15) is 13.9 Å². The lowest BCUT2D eigenvalue weighted by Gasteiger charge is -2.33. The molecule has 1 aliphatic rings. The first-order valence-electron chi connectivity index (χ1n) is 10.8. The Morgan fingerprint density at radius 3 is 2.36 bits per heavy atom. The predicted molar refractivity (Wildman–Crippen MR) is 128 cm³/mol. The number of piperidine rings is 1. The van der Waals surface area contributed by atoms with Crippen LogP contribution in [0.2, 0.25) is 0 Å². The van der Waals surface area contributed by atoms with Gasteiger partial charge in [-0.25, -0.2) is 4.98 Å². The van der Waals surface area contributed by atoms with Crippen LogP contribution < -0.4 is 0 Å². The Kier molecular flexibility index (Phi) is 7.38. The number of imidazole rings is 1. The monoisotopic (exact) mass is 485 g/mol. The van der Waals surface area contributed by atoms with Crippen LogP contribution >= 0.6 is 0 Å². The highest BCUT2D eigenvalue weighted by Crippen LogP contribution is 2.35. The second-order valence-electron chi connectivity index (χ2n) is 7.97. The van der Waals surface area contributed by atoms with Crippen molar-refractivity contribution in [3.63, 3.8) is 0 Å². The molecular weight excluding hydrogens is 458 g/mol. The van der Waals surface area contributed by atoms with Crippen LogP contribution in [0, 0.1) is 0 Å². The van der Waals surface area contributed by atoms with Gasteiger partial charge in [0.05, 0.1) is 23.4 Å². The summed E-state index contributed by atoms with van der Waals surface area (Å²) in [5.74, 6) is 0.180. The highest BCUT2D eigenvalue weighted by Gasteiger charge is 2.27. The summed E-state index contributed by atoms with van der Waals surface area (Å²) >= 11 is -2.38. The number of rotatable bonds is 6. The van der Waals surface area contributed by atoms with Crippen molar-refractivity contribution in [2.45, 2.75) is 42.3 Å². The molecule has 0 N–H and O–H groups in total. The van der Waals surface area contributed by atoms with E-state index in [1.807, 2.05) is 42.4 Å². The Bertz CT molecular complexity index is 1110. The smallest absolute Gasteiger partial charge is 0.343 e. The maximum atomic E-state index is 12.1. The molecule has 174 valence electrons. The number of carbonyl (C=O) groups is 1. The molecule has 3 heterocycles. The van der Waals surface area contributed by atoms with Gasteiger partial charge in [-0.05, 0) is 54.3 Å². The zero-order valence-corrected chi connectivity index (χ0v) is 20.6. The number of nitrogens with zero attached hydrogens (tertiary/aromatic N) is 5. The van der Waals surface area contributed by atoms with E-state index in [0.717, 1.165) is 34.7 Å². The molecule has 1 aromatic carbocycles. The van der Waals surface area contributed by atoms with Crippen molar-refractivity contribution in [3.8, 4) is 22.6 Å². The Hall–Kier alpha value is -2.40. The van der Waals surface area contributed by atoms with Crippen LogP contribution in [0.1, 0.15) is 32.2 Å². The molecule has 0 aliphatic carbocycles. The summed E-state index contributed by atoms with van der Waals surface area (Å²) in [6.45, 7) is 3.29. The quantitative estimate of drug-likeness (QED) is 0.392. The van der Waals surface area contributed by atoms with Crippen molar-refractivity contribution in [1.29, 1.82) is 0 Å². The lowest BCUT2D eigenvalue weighted by molar-refractivity contribution is -0.132. The highest BCUT2D eigenvalue weighted by atomic mass is 32.2. The molecule has 0 bridgehead atoms. The lowest BCUT2D eigenvalue weighted by Crippen LogP contribution is -2.38. The summed E-state index contributed by atoms with van der Waals surface area (Å²) in [6.07, 6.45) is 8.80. The Labute approximate surface area is 199 Å². The van der Waals surface area contributed by atoms with E-state index < -0.39 is 22.4 Å². The zero-order valence-electron chi connectivity index (χ0n) is 18.9. The average Bonchev–Trinajstić information content (AvgIpc) is 3.29. The molecule has 2 atom stereocenters. The van der Waals surface area contributed by atoms with Crippen molar-refractivity contribution >= 4 is 28.3 Å². The Morgan fingerprint density at radius 1 is 1.06 bits per heavy atom. The van der Waals surface area contributed by atoms with Crippen molar-refractivity contribution in [2.75, 3.05) is 25.6 Å². The third-order valence-electron chi connectivity index (χ3n) is 5.90. The van der Waals surface area contributed by atoms with Gasteiger partial charge in [0, 0.05) is 48.5 Å². The fourth-order valence-electron chi connectivity index (χ4n) is 4.14. The van der Waals surface area contributed by atoms with Gasteiger partial charge in [0.15, 0.2) is 4.90 Å². The van der Waals surface area contributed by atoms with E-state index in [1.54, 1.807) is 24.8 Å². The van der Waals surface area contributed by atoms with Crippen molar-refractivity contribution in [3.05, 3.63) is 42.9 Å². The lowest BCUT2D eigenvalue weighted by atomic mass is 10.0. The number of amides is 1.